The van der Waals surface area contributed by atoms with E-state index in [1.165, 1.54) is 0 Å². The zero-order valence-electron chi connectivity index (χ0n) is 6.32. The number of hydrogen-bond donors (Lipinski definition) is 2. The summed E-state index contributed by atoms with van der Waals surface area (Å²) in [4.78, 5) is 0. The molecule has 0 aliphatic heterocycles. The molecule has 0 radical (unpaired) electrons. The summed E-state index contributed by atoms with van der Waals surface area (Å²) in [6.07, 6.45) is 1.52. The van der Waals surface area contributed by atoms with Gasteiger partial charge in [0, 0.05) is 11.7 Å². The van der Waals surface area contributed by atoms with Crippen LogP contribution >= 0.6 is 0 Å². The molecule has 4 nitrogen and oxygen atoms in total. The molecule has 0 aromatic carbocycles. The second-order valence-electron chi connectivity index (χ2n) is 3.20. The summed E-state index contributed by atoms with van der Waals surface area (Å²) >= 11 is 0. The molecule has 0 aromatic heterocycles. The summed E-state index contributed by atoms with van der Waals surface area (Å²) in [6, 6.07) is 0. The lowest BCUT2D eigenvalue weighted by Gasteiger charge is -2.07. The molecule has 0 amide bonds. The van der Waals surface area contributed by atoms with Gasteiger partial charge in [-0.1, -0.05) is 0 Å². The quantitative estimate of drug-likeness (QED) is 0.570. The van der Waals surface area contributed by atoms with Crippen molar-refractivity contribution < 1.29 is 18.6 Å². The number of sulfone groups is 1. The molecule has 1 rings (SSSR count). The molecule has 0 aromatic rings. The van der Waals surface area contributed by atoms with Crippen molar-refractivity contribution in [1.82, 2.24) is 0 Å². The van der Waals surface area contributed by atoms with Gasteiger partial charge in [-0.05, 0) is 6.42 Å². The molecular formula is C6H12O4S. The second-order valence-corrected chi connectivity index (χ2v) is 5.43. The minimum atomic E-state index is -3.08. The van der Waals surface area contributed by atoms with Crippen molar-refractivity contribution in [2.75, 3.05) is 19.5 Å². The Bertz CT molecular complexity index is 239. The van der Waals surface area contributed by atoms with E-state index in [4.69, 9.17) is 10.2 Å². The van der Waals surface area contributed by atoms with Crippen molar-refractivity contribution in [2.45, 2.75) is 11.7 Å². The van der Waals surface area contributed by atoms with Crippen molar-refractivity contribution in [3.63, 3.8) is 0 Å². The third-order valence-corrected chi connectivity index (χ3v) is 3.96. The van der Waals surface area contributed by atoms with Gasteiger partial charge in [0.25, 0.3) is 0 Å². The number of rotatable bonds is 3. The molecular weight excluding hydrogens is 168 g/mol. The average Bonchev–Trinajstić information content (AvgIpc) is 2.61. The van der Waals surface area contributed by atoms with Gasteiger partial charge in [0.2, 0.25) is 0 Å². The molecule has 5 heteroatoms. The number of aliphatic hydroxyl groups excluding tert-OH is 2. The summed E-state index contributed by atoms with van der Waals surface area (Å²) in [5, 5.41) is 17.0. The highest BCUT2D eigenvalue weighted by Gasteiger charge is 2.59. The first-order valence-electron chi connectivity index (χ1n) is 3.37. The molecule has 1 aliphatic carbocycles. The van der Waals surface area contributed by atoms with Crippen molar-refractivity contribution >= 4 is 9.84 Å². The summed E-state index contributed by atoms with van der Waals surface area (Å²) in [7, 11) is -3.08. The summed E-state index contributed by atoms with van der Waals surface area (Å²) in [5.41, 5.74) is -0.742. The maximum Gasteiger partial charge on any atom is 0.151 e. The predicted molar refractivity (Wildman–Crippen MR) is 39.9 cm³/mol. The maximum absolute atomic E-state index is 10.9. The highest BCUT2D eigenvalue weighted by Crippen LogP contribution is 2.49. The Morgan fingerprint density at radius 1 is 1.45 bits per heavy atom. The van der Waals surface area contributed by atoms with Crippen LogP contribution in [0.25, 0.3) is 0 Å². The van der Waals surface area contributed by atoms with Crippen LogP contribution in [0.1, 0.15) is 6.42 Å². The Balaban J connectivity index is 2.73. The van der Waals surface area contributed by atoms with Crippen LogP contribution in [-0.4, -0.2) is 43.4 Å². The maximum atomic E-state index is 10.9. The fourth-order valence-electron chi connectivity index (χ4n) is 1.30. The Morgan fingerprint density at radius 3 is 2.00 bits per heavy atom. The molecule has 1 unspecified atom stereocenters. The lowest BCUT2D eigenvalue weighted by Crippen LogP contribution is -2.21. The van der Waals surface area contributed by atoms with Gasteiger partial charge >= 0.3 is 0 Å². The smallest absolute Gasteiger partial charge is 0.151 e. The van der Waals surface area contributed by atoms with E-state index in [1.807, 2.05) is 0 Å². The van der Waals surface area contributed by atoms with E-state index in [9.17, 15) is 8.42 Å². The third-order valence-electron chi connectivity index (χ3n) is 2.26. The van der Waals surface area contributed by atoms with Gasteiger partial charge in [-0.3, -0.25) is 0 Å². The highest BCUT2D eigenvalue weighted by atomic mass is 32.2. The molecule has 1 aliphatic rings. The molecule has 11 heavy (non-hydrogen) atoms. The minimum Gasteiger partial charge on any atom is -0.396 e. The third kappa shape index (κ3) is 1.40. The van der Waals surface area contributed by atoms with Crippen LogP contribution in [0.15, 0.2) is 0 Å². The minimum absolute atomic E-state index is 0.249. The molecule has 66 valence electrons. The lowest BCUT2D eigenvalue weighted by molar-refractivity contribution is 0.134. The van der Waals surface area contributed by atoms with Gasteiger partial charge in [-0.25, -0.2) is 8.42 Å². The van der Waals surface area contributed by atoms with Gasteiger partial charge in [-0.15, -0.1) is 0 Å². The standard InChI is InChI=1S/C6H12O4S/c1-11(9,10)5-2-6(5,3-7)4-8/h5,7-8H,2-4H2,1H3. The van der Waals surface area contributed by atoms with E-state index >= 15 is 0 Å². The Labute approximate surface area is 65.8 Å². The largest absolute Gasteiger partial charge is 0.396 e. The average molecular weight is 180 g/mol. The Morgan fingerprint density at radius 2 is 1.91 bits per heavy atom. The molecule has 0 spiro atoms. The van der Waals surface area contributed by atoms with Crippen molar-refractivity contribution in [2.24, 2.45) is 5.41 Å². The zero-order valence-corrected chi connectivity index (χ0v) is 7.13. The molecule has 1 atom stereocenters. The van der Waals surface area contributed by atoms with Crippen LogP contribution in [0.5, 0.6) is 0 Å². The first kappa shape index (κ1) is 8.96. The molecule has 1 fully saturated rings. The SMILES string of the molecule is CS(=O)(=O)C1CC1(CO)CO. The monoisotopic (exact) mass is 180 g/mol. The Kier molecular flexibility index (Phi) is 1.98. The van der Waals surface area contributed by atoms with E-state index < -0.39 is 20.5 Å². The number of aliphatic hydroxyl groups is 2. The molecule has 0 bridgehead atoms. The van der Waals surface area contributed by atoms with Crippen molar-refractivity contribution in [1.29, 1.82) is 0 Å². The van der Waals surface area contributed by atoms with Crippen LogP contribution in [0, 0.1) is 5.41 Å². The van der Waals surface area contributed by atoms with E-state index in [0.29, 0.717) is 6.42 Å². The van der Waals surface area contributed by atoms with Crippen LogP contribution in [0.3, 0.4) is 0 Å². The first-order chi connectivity index (χ1) is 4.96. The van der Waals surface area contributed by atoms with E-state index in [2.05, 4.69) is 0 Å². The topological polar surface area (TPSA) is 74.6 Å². The van der Waals surface area contributed by atoms with Crippen LogP contribution in [-0.2, 0) is 9.84 Å². The summed E-state index contributed by atoms with van der Waals surface area (Å²) < 4.78 is 21.8. The fourth-order valence-corrected chi connectivity index (χ4v) is 2.99. The van der Waals surface area contributed by atoms with Crippen molar-refractivity contribution in [3.8, 4) is 0 Å². The number of hydrogen-bond acceptors (Lipinski definition) is 4. The molecule has 1 saturated carbocycles. The summed E-state index contributed by atoms with van der Waals surface area (Å²) in [6.45, 7) is -0.498. The van der Waals surface area contributed by atoms with Crippen LogP contribution in [0.2, 0.25) is 0 Å². The zero-order chi connectivity index (χ0) is 8.70. The van der Waals surface area contributed by atoms with Gasteiger partial charge in [0.05, 0.1) is 18.5 Å². The molecule has 2 N–H and O–H groups in total. The fraction of sp³-hybridized carbons (Fsp3) is 1.00. The first-order valence-corrected chi connectivity index (χ1v) is 5.32. The van der Waals surface area contributed by atoms with Crippen LogP contribution < -0.4 is 0 Å². The lowest BCUT2D eigenvalue weighted by atomic mass is 10.1. The predicted octanol–water partition coefficient (Wildman–Crippen LogP) is -1.23. The molecule has 0 saturated heterocycles. The van der Waals surface area contributed by atoms with Gasteiger partial charge in [0.15, 0.2) is 9.84 Å². The van der Waals surface area contributed by atoms with Crippen molar-refractivity contribution in [3.05, 3.63) is 0 Å². The van der Waals surface area contributed by atoms with Crippen LogP contribution in [0.4, 0.5) is 0 Å². The van der Waals surface area contributed by atoms with E-state index in [0.717, 1.165) is 6.26 Å². The molecule has 0 heterocycles. The highest BCUT2D eigenvalue weighted by molar-refractivity contribution is 7.91. The van der Waals surface area contributed by atoms with Gasteiger partial charge in [0.1, 0.15) is 0 Å². The second kappa shape index (κ2) is 2.43. The Hall–Kier alpha value is -0.130. The van der Waals surface area contributed by atoms with Gasteiger partial charge < -0.3 is 10.2 Å². The van der Waals surface area contributed by atoms with Gasteiger partial charge in [-0.2, -0.15) is 0 Å². The normalized spacial score (nSPS) is 28.5. The summed E-state index contributed by atoms with van der Waals surface area (Å²) in [5.74, 6) is 0. The van der Waals surface area contributed by atoms with E-state index in [-0.39, 0.29) is 13.2 Å². The van der Waals surface area contributed by atoms with E-state index in [1.54, 1.807) is 0 Å².